The van der Waals surface area contributed by atoms with Crippen LogP contribution in [0.3, 0.4) is 0 Å². The Bertz CT molecular complexity index is 1010. The maximum absolute atomic E-state index is 10.9. The highest BCUT2D eigenvalue weighted by atomic mass is 35.5. The number of halogens is 1. The number of aryl methyl sites for hydroxylation is 1. The van der Waals surface area contributed by atoms with Crippen molar-refractivity contribution in [2.45, 2.75) is 13.8 Å². The van der Waals surface area contributed by atoms with E-state index in [1.807, 2.05) is 18.2 Å². The summed E-state index contributed by atoms with van der Waals surface area (Å²) in [5.41, 5.74) is 3.00. The quantitative estimate of drug-likeness (QED) is 0.243. The molecule has 0 spiro atoms. The number of hydrogen-bond donors (Lipinski definition) is 0. The van der Waals surface area contributed by atoms with E-state index in [1.54, 1.807) is 13.0 Å². The summed E-state index contributed by atoms with van der Waals surface area (Å²) >= 11 is 6.53. The normalized spacial score (nSPS) is 22.4. The number of non-ortho nitro benzene ring substituents is 1. The Hall–Kier alpha value is -2.55. The van der Waals surface area contributed by atoms with E-state index in [9.17, 15) is 10.1 Å². The lowest BCUT2D eigenvalue weighted by Gasteiger charge is -2.51. The van der Waals surface area contributed by atoms with Gasteiger partial charge in [-0.2, -0.15) is 5.11 Å². The number of nitro benzene ring substituents is 1. The topological polar surface area (TPSA) is 74.3 Å². The van der Waals surface area contributed by atoms with Crippen LogP contribution in [0.5, 0.6) is 0 Å². The average molecular weight is 458 g/mol. The molecular formula is C23H30ClN6O2+. The van der Waals surface area contributed by atoms with Gasteiger partial charge in [0.1, 0.15) is 5.69 Å². The lowest BCUT2D eigenvalue weighted by Crippen LogP contribution is -2.68. The van der Waals surface area contributed by atoms with Gasteiger partial charge in [-0.15, -0.1) is 5.11 Å². The highest BCUT2D eigenvalue weighted by Gasteiger charge is 2.38. The molecule has 0 amide bonds. The van der Waals surface area contributed by atoms with E-state index < -0.39 is 4.92 Å². The lowest BCUT2D eigenvalue weighted by atomic mass is 10.1. The van der Waals surface area contributed by atoms with Crippen molar-refractivity contribution in [1.82, 2.24) is 4.90 Å². The minimum atomic E-state index is -0.418. The minimum absolute atomic E-state index is 0.0421. The molecule has 0 unspecified atom stereocenters. The van der Waals surface area contributed by atoms with Gasteiger partial charge in [0.2, 0.25) is 0 Å². The number of fused-ring (bicyclic) bond motifs is 3. The van der Waals surface area contributed by atoms with Gasteiger partial charge in [0.15, 0.2) is 0 Å². The number of piperazine rings is 3. The van der Waals surface area contributed by atoms with Gasteiger partial charge < -0.3 is 9.38 Å². The minimum Gasteiger partial charge on any atom is -0.366 e. The molecule has 3 aliphatic rings. The van der Waals surface area contributed by atoms with Crippen molar-refractivity contribution in [3.8, 4) is 0 Å². The van der Waals surface area contributed by atoms with E-state index in [-0.39, 0.29) is 5.69 Å². The number of anilines is 1. The Labute approximate surface area is 193 Å². The first-order chi connectivity index (χ1) is 15.4. The Morgan fingerprint density at radius 3 is 2.34 bits per heavy atom. The second kappa shape index (κ2) is 9.52. The van der Waals surface area contributed by atoms with Gasteiger partial charge in [-0.3, -0.25) is 15.0 Å². The molecule has 2 aromatic rings. The van der Waals surface area contributed by atoms with Crippen LogP contribution >= 0.6 is 11.6 Å². The van der Waals surface area contributed by atoms with Gasteiger partial charge in [-0.1, -0.05) is 11.6 Å². The zero-order valence-corrected chi connectivity index (χ0v) is 19.5. The van der Waals surface area contributed by atoms with Gasteiger partial charge in [-0.05, 0) is 43.7 Å². The third kappa shape index (κ3) is 4.92. The van der Waals surface area contributed by atoms with E-state index in [2.05, 4.69) is 27.0 Å². The molecule has 9 heteroatoms. The first-order valence-electron chi connectivity index (χ1n) is 11.2. The molecule has 0 atom stereocenters. The standard InChI is InChI=1S/C23H30ClN6O2/c1-3-28(11-15-30-12-8-27(9-13-30)10-14-30)19-4-7-23(21(24)17-19)26-25-22-6-5-20(29(31)32)16-18(22)2/h4-7,16-17H,3,8-15H2,1-2H3/q+1. The second-order valence-electron chi connectivity index (χ2n) is 8.72. The maximum atomic E-state index is 10.9. The second-order valence-corrected chi connectivity index (χ2v) is 9.13. The summed E-state index contributed by atoms with van der Waals surface area (Å²) in [5.74, 6) is 0. The molecule has 2 bridgehead atoms. The fourth-order valence-electron chi connectivity index (χ4n) is 4.62. The number of azo groups is 1. The number of hydrogen-bond acceptors (Lipinski definition) is 6. The predicted octanol–water partition coefficient (Wildman–Crippen LogP) is 4.94. The molecule has 170 valence electrons. The van der Waals surface area contributed by atoms with Gasteiger partial charge in [0, 0.05) is 44.0 Å². The van der Waals surface area contributed by atoms with Crippen molar-refractivity contribution in [3.63, 3.8) is 0 Å². The SMILES string of the molecule is CCN(CC[N+]12CCN(CC1)CC2)c1ccc(N=Nc2ccc([N+](=O)[O-])cc2C)c(Cl)c1. The third-order valence-electron chi connectivity index (χ3n) is 6.85. The summed E-state index contributed by atoms with van der Waals surface area (Å²) in [6.07, 6.45) is 0. The van der Waals surface area contributed by atoms with E-state index in [1.165, 1.54) is 62.4 Å². The molecule has 2 aromatic carbocycles. The molecule has 5 rings (SSSR count). The van der Waals surface area contributed by atoms with Crippen LogP contribution in [0.25, 0.3) is 0 Å². The fourth-order valence-corrected chi connectivity index (χ4v) is 4.83. The van der Waals surface area contributed by atoms with Crippen molar-refractivity contribution >= 4 is 34.4 Å². The number of benzene rings is 2. The van der Waals surface area contributed by atoms with Crippen molar-refractivity contribution < 1.29 is 9.41 Å². The largest absolute Gasteiger partial charge is 0.366 e. The summed E-state index contributed by atoms with van der Waals surface area (Å²) in [7, 11) is 0. The van der Waals surface area contributed by atoms with Crippen LogP contribution in [0.15, 0.2) is 46.6 Å². The molecular weight excluding hydrogens is 428 g/mol. The van der Waals surface area contributed by atoms with Crippen molar-refractivity contribution in [3.05, 3.63) is 57.1 Å². The number of likely N-dealkylation sites (N-methyl/N-ethyl adjacent to an activating group) is 1. The number of nitro groups is 1. The van der Waals surface area contributed by atoms with Gasteiger partial charge in [-0.25, -0.2) is 0 Å². The van der Waals surface area contributed by atoms with Crippen molar-refractivity contribution in [1.29, 1.82) is 0 Å². The van der Waals surface area contributed by atoms with Crippen LogP contribution in [0.4, 0.5) is 22.7 Å². The summed E-state index contributed by atoms with van der Waals surface area (Å²) < 4.78 is 1.24. The van der Waals surface area contributed by atoms with Crippen molar-refractivity contribution in [2.24, 2.45) is 10.2 Å². The summed E-state index contributed by atoms with van der Waals surface area (Å²) in [5, 5.41) is 20.0. The molecule has 0 aliphatic carbocycles. The maximum Gasteiger partial charge on any atom is 0.269 e. The van der Waals surface area contributed by atoms with E-state index >= 15 is 0 Å². The average Bonchev–Trinajstić information content (AvgIpc) is 2.80. The number of rotatable bonds is 8. The Morgan fingerprint density at radius 2 is 1.75 bits per heavy atom. The number of nitrogens with zero attached hydrogens (tertiary/aromatic N) is 6. The van der Waals surface area contributed by atoms with E-state index in [0.717, 1.165) is 18.8 Å². The van der Waals surface area contributed by atoms with Crippen LogP contribution in [-0.4, -0.2) is 73.2 Å². The lowest BCUT2D eigenvalue weighted by molar-refractivity contribution is -0.939. The van der Waals surface area contributed by atoms with Crippen LogP contribution < -0.4 is 4.90 Å². The van der Waals surface area contributed by atoms with Crippen LogP contribution in [0.1, 0.15) is 12.5 Å². The smallest absolute Gasteiger partial charge is 0.269 e. The first-order valence-corrected chi connectivity index (χ1v) is 11.6. The van der Waals surface area contributed by atoms with E-state index in [4.69, 9.17) is 11.6 Å². The van der Waals surface area contributed by atoms with Crippen molar-refractivity contribution in [2.75, 3.05) is 63.8 Å². The Balaban J connectivity index is 1.43. The third-order valence-corrected chi connectivity index (χ3v) is 7.15. The Kier molecular flexibility index (Phi) is 6.74. The Morgan fingerprint density at radius 1 is 1.09 bits per heavy atom. The van der Waals surface area contributed by atoms with Gasteiger partial charge in [0.25, 0.3) is 5.69 Å². The molecule has 0 radical (unpaired) electrons. The fraction of sp³-hybridized carbons (Fsp3) is 0.478. The summed E-state index contributed by atoms with van der Waals surface area (Å²) in [4.78, 5) is 15.4. The molecule has 3 heterocycles. The molecule has 0 saturated carbocycles. The van der Waals surface area contributed by atoms with Crippen LogP contribution in [0, 0.1) is 17.0 Å². The molecule has 3 aliphatic heterocycles. The molecule has 3 saturated heterocycles. The molecule has 0 aromatic heterocycles. The monoisotopic (exact) mass is 457 g/mol. The van der Waals surface area contributed by atoms with Crippen LogP contribution in [0.2, 0.25) is 5.02 Å². The highest BCUT2D eigenvalue weighted by molar-refractivity contribution is 6.33. The van der Waals surface area contributed by atoms with Crippen LogP contribution in [-0.2, 0) is 0 Å². The summed E-state index contributed by atoms with van der Waals surface area (Å²) in [6, 6.07) is 10.4. The first kappa shape index (κ1) is 22.6. The molecule has 8 nitrogen and oxygen atoms in total. The molecule has 0 N–H and O–H groups in total. The van der Waals surface area contributed by atoms with Gasteiger partial charge in [0.05, 0.1) is 48.4 Å². The zero-order valence-electron chi connectivity index (χ0n) is 18.7. The zero-order chi connectivity index (χ0) is 22.7. The molecule has 32 heavy (non-hydrogen) atoms. The van der Waals surface area contributed by atoms with E-state index in [0.29, 0.717) is 22.0 Å². The van der Waals surface area contributed by atoms with Gasteiger partial charge >= 0.3 is 0 Å². The molecule has 3 fully saturated rings. The number of quaternary nitrogens is 1. The predicted molar refractivity (Wildman–Crippen MR) is 128 cm³/mol. The highest BCUT2D eigenvalue weighted by Crippen LogP contribution is 2.32. The summed E-state index contributed by atoms with van der Waals surface area (Å²) in [6.45, 7) is 14.5.